The number of hydrogen-bond acceptors (Lipinski definition) is 6. The second-order valence-electron chi connectivity index (χ2n) is 7.24. The second kappa shape index (κ2) is 8.10. The Bertz CT molecular complexity index is 854. The molecule has 0 spiro atoms. The average molecular weight is 381 g/mol. The van der Waals surface area contributed by atoms with Crippen LogP contribution in [-0.4, -0.2) is 45.0 Å². The Morgan fingerprint density at radius 1 is 1.00 bits per heavy atom. The molecule has 0 saturated carbocycles. The van der Waals surface area contributed by atoms with Crippen molar-refractivity contribution in [3.8, 4) is 17.2 Å². The lowest BCUT2D eigenvalue weighted by molar-refractivity contribution is 0.218. The molecule has 0 amide bonds. The Morgan fingerprint density at radius 2 is 1.71 bits per heavy atom. The maximum Gasteiger partial charge on any atom is 0.164 e. The van der Waals surface area contributed by atoms with Crippen LogP contribution in [0.15, 0.2) is 47.6 Å². The summed E-state index contributed by atoms with van der Waals surface area (Å²) in [5, 5.41) is 4.64. The van der Waals surface area contributed by atoms with E-state index in [1.807, 2.05) is 12.1 Å². The summed E-state index contributed by atoms with van der Waals surface area (Å²) >= 11 is 0. The van der Waals surface area contributed by atoms with Gasteiger partial charge in [0.25, 0.3) is 0 Å². The first kappa shape index (κ1) is 18.6. The lowest BCUT2D eigenvalue weighted by atomic mass is 9.85. The van der Waals surface area contributed by atoms with Gasteiger partial charge in [0.05, 0.1) is 27.4 Å². The second-order valence-corrected chi connectivity index (χ2v) is 7.24. The van der Waals surface area contributed by atoms with Crippen LogP contribution in [0, 0.1) is 5.92 Å². The summed E-state index contributed by atoms with van der Waals surface area (Å²) in [6.45, 7) is 2.95. The number of fused-ring (bicyclic) bond motifs is 1. The maximum absolute atomic E-state index is 5.66. The maximum atomic E-state index is 5.66. The minimum Gasteiger partial charge on any atom is -0.496 e. The number of ether oxygens (including phenoxy) is 3. The van der Waals surface area contributed by atoms with Crippen molar-refractivity contribution in [2.24, 2.45) is 11.0 Å². The van der Waals surface area contributed by atoms with Crippen LogP contribution in [0.4, 0.5) is 0 Å². The molecule has 1 saturated heterocycles. The lowest BCUT2D eigenvalue weighted by Crippen LogP contribution is -2.41. The molecule has 28 heavy (non-hydrogen) atoms. The number of hydrazone groups is 1. The molecule has 0 bridgehead atoms. The van der Waals surface area contributed by atoms with E-state index in [-0.39, 0.29) is 6.04 Å². The number of nitrogens with one attached hydrogen (secondary N) is 1. The summed E-state index contributed by atoms with van der Waals surface area (Å²) < 4.78 is 16.6. The van der Waals surface area contributed by atoms with Crippen molar-refractivity contribution in [3.63, 3.8) is 0 Å². The average Bonchev–Trinajstić information content (AvgIpc) is 3.16. The summed E-state index contributed by atoms with van der Waals surface area (Å²) in [4.78, 5) is 2.51. The summed E-state index contributed by atoms with van der Waals surface area (Å²) in [6, 6.07) is 14.6. The molecule has 2 aliphatic rings. The quantitative estimate of drug-likeness (QED) is 0.833. The van der Waals surface area contributed by atoms with Gasteiger partial charge in [-0.3, -0.25) is 4.90 Å². The van der Waals surface area contributed by atoms with Crippen molar-refractivity contribution in [1.82, 2.24) is 10.3 Å². The zero-order valence-electron chi connectivity index (χ0n) is 16.6. The first-order chi connectivity index (χ1) is 13.7. The van der Waals surface area contributed by atoms with Gasteiger partial charge in [0.15, 0.2) is 11.5 Å². The van der Waals surface area contributed by atoms with Gasteiger partial charge in [-0.05, 0) is 11.6 Å². The van der Waals surface area contributed by atoms with Crippen LogP contribution in [-0.2, 0) is 6.54 Å². The number of benzene rings is 2. The van der Waals surface area contributed by atoms with Crippen LogP contribution < -0.4 is 19.6 Å². The molecule has 1 N–H and O–H groups in total. The van der Waals surface area contributed by atoms with Gasteiger partial charge in [-0.25, -0.2) is 0 Å². The summed E-state index contributed by atoms with van der Waals surface area (Å²) in [5.41, 5.74) is 6.98. The van der Waals surface area contributed by atoms with E-state index in [9.17, 15) is 0 Å². The summed E-state index contributed by atoms with van der Waals surface area (Å²) in [5.74, 6) is 2.46. The zero-order chi connectivity index (χ0) is 19.5. The predicted molar refractivity (Wildman–Crippen MR) is 109 cm³/mol. The SMILES string of the molecule is COc1cc(OC)c(C2NN=C3CCN(Cc4ccccc4)CC32)cc1OC. The van der Waals surface area contributed by atoms with E-state index in [1.54, 1.807) is 21.3 Å². The molecule has 2 unspecified atom stereocenters. The number of rotatable bonds is 6. The first-order valence-corrected chi connectivity index (χ1v) is 9.61. The molecule has 148 valence electrons. The Morgan fingerprint density at radius 3 is 2.43 bits per heavy atom. The van der Waals surface area contributed by atoms with Gasteiger partial charge >= 0.3 is 0 Å². The number of piperidine rings is 1. The van der Waals surface area contributed by atoms with Gasteiger partial charge in [-0.1, -0.05) is 30.3 Å². The molecule has 1 fully saturated rings. The fourth-order valence-corrected chi connectivity index (χ4v) is 4.18. The van der Waals surface area contributed by atoms with E-state index < -0.39 is 0 Å². The third-order valence-corrected chi connectivity index (χ3v) is 5.64. The lowest BCUT2D eigenvalue weighted by Gasteiger charge is -2.34. The van der Waals surface area contributed by atoms with Crippen LogP contribution in [0.5, 0.6) is 17.2 Å². The number of hydrogen-bond donors (Lipinski definition) is 1. The van der Waals surface area contributed by atoms with E-state index in [1.165, 1.54) is 11.3 Å². The highest BCUT2D eigenvalue weighted by molar-refractivity contribution is 5.90. The molecule has 6 heteroatoms. The number of likely N-dealkylation sites (tertiary alicyclic amines) is 1. The van der Waals surface area contributed by atoms with Crippen molar-refractivity contribution in [2.45, 2.75) is 19.0 Å². The monoisotopic (exact) mass is 381 g/mol. The molecule has 0 aromatic heterocycles. The predicted octanol–water partition coefficient (Wildman–Crippen LogP) is 3.23. The smallest absolute Gasteiger partial charge is 0.164 e. The van der Waals surface area contributed by atoms with Crippen molar-refractivity contribution >= 4 is 5.71 Å². The number of nitrogens with zero attached hydrogens (tertiary/aromatic N) is 2. The van der Waals surface area contributed by atoms with Gasteiger partial charge in [-0.15, -0.1) is 0 Å². The van der Waals surface area contributed by atoms with Gasteiger partial charge in [0.2, 0.25) is 0 Å². The van der Waals surface area contributed by atoms with Gasteiger partial charge < -0.3 is 19.6 Å². The minimum absolute atomic E-state index is 0.0586. The highest BCUT2D eigenvalue weighted by atomic mass is 16.5. The molecule has 2 aliphatic heterocycles. The highest BCUT2D eigenvalue weighted by Gasteiger charge is 2.38. The van der Waals surface area contributed by atoms with Crippen LogP contribution in [0.3, 0.4) is 0 Å². The van der Waals surface area contributed by atoms with Crippen LogP contribution >= 0.6 is 0 Å². The van der Waals surface area contributed by atoms with Crippen LogP contribution in [0.2, 0.25) is 0 Å². The molecule has 6 nitrogen and oxygen atoms in total. The largest absolute Gasteiger partial charge is 0.496 e. The Labute approximate surface area is 166 Å². The summed E-state index contributed by atoms with van der Waals surface area (Å²) in [7, 11) is 4.97. The minimum atomic E-state index is 0.0586. The normalized spacial score (nSPS) is 21.5. The standard InChI is InChI=1S/C22H27N3O3/c1-26-19-12-21(28-3)20(27-2)11-16(19)22-17-14-25(10-9-18(17)23-24-22)13-15-7-5-4-6-8-15/h4-8,11-12,17,22,24H,9-10,13-14H2,1-3H3. The topological polar surface area (TPSA) is 55.3 Å². The van der Waals surface area contributed by atoms with Gasteiger partial charge in [0, 0.05) is 49.3 Å². The molecule has 0 aliphatic carbocycles. The highest BCUT2D eigenvalue weighted by Crippen LogP contribution is 2.42. The molecule has 2 heterocycles. The molecule has 2 aromatic rings. The zero-order valence-corrected chi connectivity index (χ0v) is 16.6. The van der Waals surface area contributed by atoms with E-state index in [0.717, 1.165) is 37.4 Å². The molecule has 2 atom stereocenters. The fourth-order valence-electron chi connectivity index (χ4n) is 4.18. The molecule has 2 aromatic carbocycles. The molecular weight excluding hydrogens is 354 g/mol. The number of methoxy groups -OCH3 is 3. The van der Waals surface area contributed by atoms with E-state index in [4.69, 9.17) is 14.2 Å². The summed E-state index contributed by atoms with van der Waals surface area (Å²) in [6.07, 6.45) is 0.983. The third kappa shape index (κ3) is 3.52. The molecule has 4 rings (SSSR count). The first-order valence-electron chi connectivity index (χ1n) is 9.61. The van der Waals surface area contributed by atoms with Gasteiger partial charge in [0.1, 0.15) is 5.75 Å². The molecule has 0 radical (unpaired) electrons. The third-order valence-electron chi connectivity index (χ3n) is 5.64. The Hall–Kier alpha value is -2.73. The van der Waals surface area contributed by atoms with E-state index in [2.05, 4.69) is 45.8 Å². The van der Waals surface area contributed by atoms with Crippen LogP contribution in [0.25, 0.3) is 0 Å². The fraction of sp³-hybridized carbons (Fsp3) is 0.409. The van der Waals surface area contributed by atoms with E-state index in [0.29, 0.717) is 17.4 Å². The van der Waals surface area contributed by atoms with Crippen molar-refractivity contribution in [2.75, 3.05) is 34.4 Å². The Balaban J connectivity index is 1.58. The van der Waals surface area contributed by atoms with Crippen LogP contribution in [0.1, 0.15) is 23.6 Å². The van der Waals surface area contributed by atoms with E-state index >= 15 is 0 Å². The molecular formula is C22H27N3O3. The van der Waals surface area contributed by atoms with Crippen molar-refractivity contribution in [1.29, 1.82) is 0 Å². The Kier molecular flexibility index (Phi) is 5.39. The van der Waals surface area contributed by atoms with Gasteiger partial charge in [-0.2, -0.15) is 5.10 Å². The van der Waals surface area contributed by atoms with Crippen molar-refractivity contribution in [3.05, 3.63) is 53.6 Å². The van der Waals surface area contributed by atoms with Crippen molar-refractivity contribution < 1.29 is 14.2 Å².